The summed E-state index contributed by atoms with van der Waals surface area (Å²) in [6.07, 6.45) is 0.0681. The summed E-state index contributed by atoms with van der Waals surface area (Å²) in [5.41, 5.74) is 5.95. The number of nitrogens with zero attached hydrogens (tertiary/aromatic N) is 1. The number of alkyl halides is 1. The molecule has 3 heteroatoms. The molecule has 2 N–H and O–H groups in total. The lowest BCUT2D eigenvalue weighted by molar-refractivity contribution is 0.174. The highest BCUT2D eigenvalue weighted by atomic mass is 19.1. The molecule has 2 nitrogen and oxygen atoms in total. The Morgan fingerprint density at radius 2 is 2.23 bits per heavy atom. The minimum absolute atomic E-state index is 0.0874. The lowest BCUT2D eigenvalue weighted by Gasteiger charge is -2.33. The van der Waals surface area contributed by atoms with E-state index in [1.165, 1.54) is 0 Å². The van der Waals surface area contributed by atoms with Crippen molar-refractivity contribution >= 4 is 0 Å². The summed E-state index contributed by atoms with van der Waals surface area (Å²) < 4.78 is 12.9. The average Bonchev–Trinajstić information content (AvgIpc) is 2.34. The maximum absolute atomic E-state index is 12.9. The molecule has 0 saturated carbocycles. The van der Waals surface area contributed by atoms with Crippen molar-refractivity contribution in [3.8, 4) is 0 Å². The van der Waals surface area contributed by atoms with Gasteiger partial charge in [0.1, 0.15) is 6.17 Å². The third-order valence-corrected chi connectivity index (χ3v) is 3.08. The van der Waals surface area contributed by atoms with Gasteiger partial charge in [-0.25, -0.2) is 4.39 Å². The maximum Gasteiger partial charge on any atom is 0.114 e. The zero-order valence-electron chi connectivity index (χ0n) is 8.89. The van der Waals surface area contributed by atoms with E-state index < -0.39 is 6.17 Å². The van der Waals surface area contributed by atoms with E-state index in [1.54, 1.807) is 0 Å². The third-order valence-electron chi connectivity index (χ3n) is 3.08. The van der Waals surface area contributed by atoms with Crippen LogP contribution in [0, 0.1) is 5.41 Å². The van der Waals surface area contributed by atoms with Crippen LogP contribution in [0.25, 0.3) is 0 Å². The second kappa shape index (κ2) is 3.93. The normalized spacial score (nSPS) is 27.9. The van der Waals surface area contributed by atoms with Gasteiger partial charge in [-0.2, -0.15) is 0 Å². The zero-order valence-corrected chi connectivity index (χ0v) is 8.89. The fourth-order valence-corrected chi connectivity index (χ4v) is 1.65. The highest BCUT2D eigenvalue weighted by molar-refractivity contribution is 4.85. The van der Waals surface area contributed by atoms with Gasteiger partial charge in [0.2, 0.25) is 0 Å². The predicted molar refractivity (Wildman–Crippen MR) is 53.4 cm³/mol. The van der Waals surface area contributed by atoms with Crippen LogP contribution in [-0.4, -0.2) is 36.7 Å². The highest BCUT2D eigenvalue weighted by Crippen LogP contribution is 2.23. The Morgan fingerprint density at radius 3 is 2.62 bits per heavy atom. The first-order valence-corrected chi connectivity index (χ1v) is 5.04. The SMILES string of the molecule is CC(N)C(C)(C)CN1CCC(F)C1. The average molecular weight is 188 g/mol. The second-order valence-corrected chi connectivity index (χ2v) is 4.90. The summed E-state index contributed by atoms with van der Waals surface area (Å²) in [5.74, 6) is 0. The summed E-state index contributed by atoms with van der Waals surface area (Å²) in [6.45, 7) is 8.69. The topological polar surface area (TPSA) is 29.3 Å². The molecule has 78 valence electrons. The summed E-state index contributed by atoms with van der Waals surface area (Å²) in [7, 11) is 0. The molecule has 1 heterocycles. The number of rotatable bonds is 3. The van der Waals surface area contributed by atoms with Gasteiger partial charge in [0, 0.05) is 25.7 Å². The minimum atomic E-state index is -0.621. The number of hydrogen-bond acceptors (Lipinski definition) is 2. The molecule has 0 amide bonds. The van der Waals surface area contributed by atoms with E-state index in [9.17, 15) is 4.39 Å². The Hall–Kier alpha value is -0.150. The van der Waals surface area contributed by atoms with Crippen LogP contribution in [0.2, 0.25) is 0 Å². The molecule has 1 fully saturated rings. The number of halogens is 1. The van der Waals surface area contributed by atoms with E-state index >= 15 is 0 Å². The Bertz CT molecular complexity index is 168. The first-order chi connectivity index (χ1) is 5.92. The fourth-order valence-electron chi connectivity index (χ4n) is 1.65. The van der Waals surface area contributed by atoms with Crippen LogP contribution in [0.4, 0.5) is 4.39 Å². The monoisotopic (exact) mass is 188 g/mol. The fraction of sp³-hybridized carbons (Fsp3) is 1.00. The summed E-state index contributed by atoms with van der Waals surface area (Å²) in [6, 6.07) is 0.158. The van der Waals surface area contributed by atoms with Gasteiger partial charge in [-0.3, -0.25) is 4.90 Å². The van der Waals surface area contributed by atoms with Crippen molar-refractivity contribution in [2.24, 2.45) is 11.1 Å². The molecule has 0 aliphatic carbocycles. The van der Waals surface area contributed by atoms with Crippen molar-refractivity contribution < 1.29 is 4.39 Å². The summed E-state index contributed by atoms with van der Waals surface area (Å²) in [5, 5.41) is 0. The van der Waals surface area contributed by atoms with Crippen LogP contribution >= 0.6 is 0 Å². The van der Waals surface area contributed by atoms with Gasteiger partial charge in [-0.05, 0) is 18.8 Å². The molecule has 0 aromatic heterocycles. The Balaban J connectivity index is 2.40. The van der Waals surface area contributed by atoms with Crippen LogP contribution in [-0.2, 0) is 0 Å². The van der Waals surface area contributed by atoms with Crippen LogP contribution in [0.1, 0.15) is 27.2 Å². The lowest BCUT2D eigenvalue weighted by atomic mass is 9.85. The van der Waals surface area contributed by atoms with Crippen molar-refractivity contribution in [3.05, 3.63) is 0 Å². The van der Waals surface area contributed by atoms with E-state index in [1.807, 2.05) is 6.92 Å². The van der Waals surface area contributed by atoms with Crippen LogP contribution in [0.15, 0.2) is 0 Å². The molecule has 1 aliphatic heterocycles. The minimum Gasteiger partial charge on any atom is -0.327 e. The Labute approximate surface area is 80.3 Å². The summed E-state index contributed by atoms with van der Waals surface area (Å²) in [4.78, 5) is 2.17. The lowest BCUT2D eigenvalue weighted by Crippen LogP contribution is -2.43. The predicted octanol–water partition coefficient (Wildman–Crippen LogP) is 1.40. The van der Waals surface area contributed by atoms with Gasteiger partial charge >= 0.3 is 0 Å². The molecular weight excluding hydrogens is 167 g/mol. The van der Waals surface area contributed by atoms with Gasteiger partial charge in [-0.1, -0.05) is 13.8 Å². The second-order valence-electron chi connectivity index (χ2n) is 4.90. The number of likely N-dealkylation sites (tertiary alicyclic amines) is 1. The molecule has 1 aliphatic rings. The van der Waals surface area contributed by atoms with E-state index in [0.717, 1.165) is 13.1 Å². The van der Waals surface area contributed by atoms with Crippen molar-refractivity contribution in [2.45, 2.75) is 39.4 Å². The molecule has 0 radical (unpaired) electrons. The summed E-state index contributed by atoms with van der Waals surface area (Å²) >= 11 is 0. The molecule has 0 spiro atoms. The number of nitrogens with two attached hydrogens (primary N) is 1. The quantitative estimate of drug-likeness (QED) is 0.725. The standard InChI is InChI=1S/C10H21FN2/c1-8(12)10(2,3)7-13-5-4-9(11)6-13/h8-9H,4-7,12H2,1-3H3. The van der Waals surface area contributed by atoms with Gasteiger partial charge in [0.15, 0.2) is 0 Å². The van der Waals surface area contributed by atoms with E-state index in [4.69, 9.17) is 5.73 Å². The maximum atomic E-state index is 12.9. The molecule has 1 rings (SSSR count). The van der Waals surface area contributed by atoms with Gasteiger partial charge in [0.05, 0.1) is 0 Å². The Morgan fingerprint density at radius 1 is 1.62 bits per heavy atom. The zero-order chi connectivity index (χ0) is 10.1. The highest BCUT2D eigenvalue weighted by Gasteiger charge is 2.30. The van der Waals surface area contributed by atoms with Crippen LogP contribution in [0.5, 0.6) is 0 Å². The van der Waals surface area contributed by atoms with Crippen molar-refractivity contribution in [3.63, 3.8) is 0 Å². The van der Waals surface area contributed by atoms with Gasteiger partial charge in [-0.15, -0.1) is 0 Å². The van der Waals surface area contributed by atoms with Crippen molar-refractivity contribution in [1.29, 1.82) is 0 Å². The van der Waals surface area contributed by atoms with E-state index in [2.05, 4.69) is 18.7 Å². The van der Waals surface area contributed by atoms with Gasteiger partial charge in [0.25, 0.3) is 0 Å². The number of hydrogen-bond donors (Lipinski definition) is 1. The van der Waals surface area contributed by atoms with E-state index in [-0.39, 0.29) is 11.5 Å². The van der Waals surface area contributed by atoms with Crippen LogP contribution < -0.4 is 5.73 Å². The first kappa shape index (κ1) is 10.9. The smallest absolute Gasteiger partial charge is 0.114 e. The van der Waals surface area contributed by atoms with Crippen molar-refractivity contribution in [1.82, 2.24) is 4.90 Å². The Kier molecular flexibility index (Phi) is 3.30. The third kappa shape index (κ3) is 2.92. The van der Waals surface area contributed by atoms with Gasteiger partial charge < -0.3 is 5.73 Å². The molecule has 0 bridgehead atoms. The molecule has 2 atom stereocenters. The first-order valence-electron chi connectivity index (χ1n) is 5.04. The van der Waals surface area contributed by atoms with Crippen LogP contribution in [0.3, 0.4) is 0 Å². The molecule has 0 aromatic rings. The largest absolute Gasteiger partial charge is 0.327 e. The molecule has 1 saturated heterocycles. The molecule has 13 heavy (non-hydrogen) atoms. The van der Waals surface area contributed by atoms with E-state index in [0.29, 0.717) is 13.0 Å². The molecular formula is C10H21FN2. The molecule has 0 aromatic carbocycles. The van der Waals surface area contributed by atoms with Crippen molar-refractivity contribution in [2.75, 3.05) is 19.6 Å². The molecule has 2 unspecified atom stereocenters.